The number of rotatable bonds is 4. The lowest BCUT2D eigenvalue weighted by molar-refractivity contribution is 0.864. The van der Waals surface area contributed by atoms with Gasteiger partial charge in [0.1, 0.15) is 0 Å². The van der Waals surface area contributed by atoms with Crippen LogP contribution in [0.3, 0.4) is 0 Å². The minimum Gasteiger partial charge on any atom is -0.312 e. The lowest BCUT2D eigenvalue weighted by Crippen LogP contribution is -2.12. The third-order valence-corrected chi connectivity index (χ3v) is 10.3. The highest BCUT2D eigenvalue weighted by molar-refractivity contribution is 6.09. The van der Waals surface area contributed by atoms with Gasteiger partial charge in [0.25, 0.3) is 0 Å². The third-order valence-electron chi connectivity index (χ3n) is 10.3. The zero-order chi connectivity index (χ0) is 34.5. The van der Waals surface area contributed by atoms with Gasteiger partial charge in [0.2, 0.25) is 0 Å². The van der Waals surface area contributed by atoms with E-state index in [4.69, 9.17) is 0 Å². The van der Waals surface area contributed by atoms with E-state index in [0.717, 1.165) is 61.8 Å². The summed E-state index contributed by atoms with van der Waals surface area (Å²) in [6.07, 6.45) is 16.3. The summed E-state index contributed by atoms with van der Waals surface area (Å²) >= 11 is 0. The van der Waals surface area contributed by atoms with E-state index in [1.54, 1.807) is 0 Å². The van der Waals surface area contributed by atoms with Crippen molar-refractivity contribution in [2.75, 3.05) is 0 Å². The van der Waals surface area contributed by atoms with Crippen LogP contribution in [0.15, 0.2) is 140 Å². The van der Waals surface area contributed by atoms with Crippen molar-refractivity contribution < 1.29 is 0 Å². The number of nitriles is 3. The Bertz CT molecular complexity index is 2850. The number of benzene rings is 5. The van der Waals surface area contributed by atoms with Crippen LogP contribution in [0.25, 0.3) is 55.7 Å². The summed E-state index contributed by atoms with van der Waals surface area (Å²) in [6, 6.07) is 41.8. The van der Waals surface area contributed by atoms with Gasteiger partial charge in [-0.1, -0.05) is 85.0 Å². The van der Waals surface area contributed by atoms with Gasteiger partial charge in [-0.15, -0.1) is 0 Å². The summed E-state index contributed by atoms with van der Waals surface area (Å²) in [5.41, 5.74) is 11.9. The summed E-state index contributed by atoms with van der Waals surface area (Å²) in [7, 11) is 0. The molecule has 0 aliphatic heterocycles. The van der Waals surface area contributed by atoms with Crippen LogP contribution >= 0.6 is 0 Å². The lowest BCUT2D eigenvalue weighted by Gasteiger charge is -2.27. The number of fused-ring (bicyclic) bond motifs is 6. The number of aromatic nitrogens is 2. The number of para-hydroxylation sites is 2. The predicted molar refractivity (Wildman–Crippen MR) is 205 cm³/mol. The molecule has 2 aliphatic rings. The van der Waals surface area contributed by atoms with E-state index in [2.05, 4.69) is 118 Å². The fraction of sp³-hybridized carbons (Fsp3) is 0.0652. The second kappa shape index (κ2) is 12.1. The molecule has 0 N–H and O–H groups in total. The van der Waals surface area contributed by atoms with Crippen molar-refractivity contribution in [3.63, 3.8) is 0 Å². The highest BCUT2D eigenvalue weighted by atomic mass is 15.0. The van der Waals surface area contributed by atoms with Crippen molar-refractivity contribution >= 4 is 44.4 Å². The van der Waals surface area contributed by atoms with Crippen LogP contribution in [0.1, 0.15) is 51.4 Å². The third kappa shape index (κ3) is 4.67. The predicted octanol–water partition coefficient (Wildman–Crippen LogP) is 10.6. The van der Waals surface area contributed by atoms with E-state index in [1.807, 2.05) is 54.6 Å². The highest BCUT2D eigenvalue weighted by Gasteiger charge is 2.29. The molecule has 0 spiro atoms. The van der Waals surface area contributed by atoms with E-state index >= 15 is 0 Å². The minimum absolute atomic E-state index is 0.184. The molecule has 51 heavy (non-hydrogen) atoms. The first kappa shape index (κ1) is 30.0. The molecule has 2 heterocycles. The monoisotopic (exact) mass is 651 g/mol. The molecule has 0 fully saturated rings. The Morgan fingerprint density at radius 3 is 2.22 bits per heavy atom. The molecule has 1 unspecified atom stereocenters. The Kier molecular flexibility index (Phi) is 7.10. The van der Waals surface area contributed by atoms with Gasteiger partial charge in [-0.25, -0.2) is 0 Å². The Balaban J connectivity index is 1.27. The van der Waals surface area contributed by atoms with Gasteiger partial charge in [0.05, 0.1) is 57.1 Å². The molecular formula is C46H29N5. The van der Waals surface area contributed by atoms with E-state index in [1.165, 1.54) is 16.6 Å². The summed E-state index contributed by atoms with van der Waals surface area (Å²) in [6.45, 7) is 0. The molecule has 5 nitrogen and oxygen atoms in total. The second-order valence-corrected chi connectivity index (χ2v) is 12.9. The maximum absolute atomic E-state index is 10.6. The molecular weight excluding hydrogens is 623 g/mol. The normalized spacial score (nSPS) is 14.9. The van der Waals surface area contributed by atoms with Crippen LogP contribution in [-0.4, -0.2) is 9.13 Å². The first-order valence-corrected chi connectivity index (χ1v) is 17.0. The van der Waals surface area contributed by atoms with Gasteiger partial charge in [0, 0.05) is 51.0 Å². The number of nitrogens with zero attached hydrogens (tertiary/aromatic N) is 5. The van der Waals surface area contributed by atoms with E-state index in [-0.39, 0.29) is 5.92 Å². The summed E-state index contributed by atoms with van der Waals surface area (Å²) in [5, 5.41) is 34.0. The SMILES string of the molecule is N#Cc1ccc2c(c1)c1ccccc1n2-c1ccc(C#N)c(C2CC=CC=C2c2c(C#N)cccc2-n2c3c(c4ccccc42)C=CC=CC3)c1. The average molecular weight is 652 g/mol. The number of hydrogen-bond acceptors (Lipinski definition) is 3. The molecule has 0 bridgehead atoms. The van der Waals surface area contributed by atoms with E-state index < -0.39 is 0 Å². The Hall–Kier alpha value is -7.13. The van der Waals surface area contributed by atoms with Crippen LogP contribution in [0.4, 0.5) is 0 Å². The van der Waals surface area contributed by atoms with Gasteiger partial charge in [-0.3, -0.25) is 0 Å². The van der Waals surface area contributed by atoms with Crippen molar-refractivity contribution in [1.82, 2.24) is 9.13 Å². The fourth-order valence-electron chi connectivity index (χ4n) is 8.09. The average Bonchev–Trinajstić information content (AvgIpc) is 3.56. The van der Waals surface area contributed by atoms with Crippen molar-refractivity contribution in [3.05, 3.63) is 179 Å². The second-order valence-electron chi connectivity index (χ2n) is 12.9. The first-order chi connectivity index (χ1) is 25.2. The Morgan fingerprint density at radius 2 is 1.39 bits per heavy atom. The van der Waals surface area contributed by atoms with Gasteiger partial charge in [-0.05, 0) is 78.2 Å². The zero-order valence-corrected chi connectivity index (χ0v) is 27.6. The molecule has 9 rings (SSSR count). The maximum Gasteiger partial charge on any atom is 0.0998 e. The van der Waals surface area contributed by atoms with Gasteiger partial charge < -0.3 is 9.13 Å². The molecule has 2 aliphatic carbocycles. The van der Waals surface area contributed by atoms with Crippen LogP contribution in [-0.2, 0) is 6.42 Å². The molecule has 0 saturated carbocycles. The fourth-order valence-corrected chi connectivity index (χ4v) is 8.09. The molecule has 1 atom stereocenters. The van der Waals surface area contributed by atoms with Gasteiger partial charge >= 0.3 is 0 Å². The molecule has 2 aromatic heterocycles. The topological polar surface area (TPSA) is 81.2 Å². The van der Waals surface area contributed by atoms with Crippen molar-refractivity contribution in [2.24, 2.45) is 0 Å². The number of hydrogen-bond donors (Lipinski definition) is 0. The maximum atomic E-state index is 10.6. The molecule has 5 heteroatoms. The van der Waals surface area contributed by atoms with Gasteiger partial charge in [0.15, 0.2) is 0 Å². The molecule has 238 valence electrons. The number of allylic oxidation sites excluding steroid dienone is 7. The standard InChI is InChI=1S/C46H29N5/c47-27-30-21-24-44-40(25-30)37-15-7-8-18-41(37)50(44)33-23-22-31(28-48)39(26-33)34-12-4-5-16-38(34)46-32(29-49)11-10-20-45(46)51-42-17-3-1-2-13-35(42)36-14-6-9-19-43(36)51/h1-11,13-16,18-26,34H,12,17H2. The smallest absolute Gasteiger partial charge is 0.0998 e. The molecule has 0 saturated heterocycles. The Morgan fingerprint density at radius 1 is 0.608 bits per heavy atom. The molecule has 7 aromatic rings. The summed E-state index contributed by atoms with van der Waals surface area (Å²) in [4.78, 5) is 0. The van der Waals surface area contributed by atoms with Crippen LogP contribution in [0.2, 0.25) is 0 Å². The van der Waals surface area contributed by atoms with Crippen LogP contribution in [0, 0.1) is 34.0 Å². The molecule has 5 aromatic carbocycles. The van der Waals surface area contributed by atoms with Crippen LogP contribution in [0.5, 0.6) is 0 Å². The molecule has 0 amide bonds. The summed E-state index contributed by atoms with van der Waals surface area (Å²) < 4.78 is 4.54. The summed E-state index contributed by atoms with van der Waals surface area (Å²) in [5.74, 6) is -0.184. The quantitative estimate of drug-likeness (QED) is 0.190. The van der Waals surface area contributed by atoms with Crippen molar-refractivity contribution in [1.29, 1.82) is 15.8 Å². The zero-order valence-electron chi connectivity index (χ0n) is 27.6. The van der Waals surface area contributed by atoms with Crippen molar-refractivity contribution in [3.8, 4) is 29.6 Å². The van der Waals surface area contributed by atoms with E-state index in [0.29, 0.717) is 23.1 Å². The van der Waals surface area contributed by atoms with Crippen LogP contribution < -0.4 is 0 Å². The largest absolute Gasteiger partial charge is 0.312 e. The Labute approximate surface area is 295 Å². The van der Waals surface area contributed by atoms with Crippen molar-refractivity contribution in [2.45, 2.75) is 18.8 Å². The van der Waals surface area contributed by atoms with Gasteiger partial charge in [-0.2, -0.15) is 15.8 Å². The highest BCUT2D eigenvalue weighted by Crippen LogP contribution is 2.45. The lowest BCUT2D eigenvalue weighted by atomic mass is 9.78. The first-order valence-electron chi connectivity index (χ1n) is 17.0. The molecule has 0 radical (unpaired) electrons. The van der Waals surface area contributed by atoms with E-state index in [9.17, 15) is 15.8 Å². The minimum atomic E-state index is -0.184.